The van der Waals surface area contributed by atoms with E-state index in [9.17, 15) is 31.7 Å². The maximum Gasteiger partial charge on any atom is 0.417 e. The van der Waals surface area contributed by atoms with Gasteiger partial charge in [-0.3, -0.25) is 14.8 Å². The largest absolute Gasteiger partial charge is 0.495 e. The van der Waals surface area contributed by atoms with Gasteiger partial charge in [-0.05, 0) is 24.3 Å². The van der Waals surface area contributed by atoms with Gasteiger partial charge >= 0.3 is 6.18 Å². The normalized spacial score (nSPS) is 11.9. The maximum absolute atomic E-state index is 12.9. The first-order chi connectivity index (χ1) is 12.0. The topological polar surface area (TPSA) is 98.5 Å². The molecule has 0 spiro atoms. The van der Waals surface area contributed by atoms with Gasteiger partial charge in [0, 0.05) is 11.8 Å². The smallest absolute Gasteiger partial charge is 0.417 e. The van der Waals surface area contributed by atoms with E-state index in [2.05, 4.69) is 0 Å². The van der Waals surface area contributed by atoms with Crippen molar-refractivity contribution in [2.24, 2.45) is 0 Å². The third kappa shape index (κ3) is 4.17. The number of halogens is 4. The molecule has 0 bridgehead atoms. The van der Waals surface area contributed by atoms with Gasteiger partial charge in [-0.1, -0.05) is 11.6 Å². The summed E-state index contributed by atoms with van der Waals surface area (Å²) < 4.78 is 70.3. The van der Waals surface area contributed by atoms with Crippen molar-refractivity contribution < 1.29 is 31.2 Å². The van der Waals surface area contributed by atoms with Gasteiger partial charge < -0.3 is 4.74 Å². The number of ether oxygens (including phenoxy) is 1. The number of sulfonamides is 1. The highest BCUT2D eigenvalue weighted by molar-refractivity contribution is 7.92. The quantitative estimate of drug-likeness (QED) is 0.591. The number of nitro benzene ring substituents is 1. The van der Waals surface area contributed by atoms with Gasteiger partial charge in [0.1, 0.15) is 10.6 Å². The van der Waals surface area contributed by atoms with Gasteiger partial charge in [0.25, 0.3) is 15.7 Å². The molecule has 0 amide bonds. The molecular weight excluding hydrogens is 401 g/mol. The van der Waals surface area contributed by atoms with Crippen molar-refractivity contribution in [3.8, 4) is 5.75 Å². The molecule has 0 aliphatic heterocycles. The molecule has 2 aromatic rings. The Hall–Kier alpha value is -2.53. The van der Waals surface area contributed by atoms with E-state index in [1.165, 1.54) is 0 Å². The second kappa shape index (κ2) is 7.00. The summed E-state index contributed by atoms with van der Waals surface area (Å²) in [5.41, 5.74) is -2.01. The van der Waals surface area contributed by atoms with Crippen molar-refractivity contribution in [1.29, 1.82) is 0 Å². The summed E-state index contributed by atoms with van der Waals surface area (Å²) in [7, 11) is -3.28. The number of alkyl halides is 3. The standard InChI is InChI=1S/C14H10ClF3N2O5S/c1-25-12-7-9(20(21)22)3-5-13(12)26(23,24)19-8-2-4-11(15)10(6-8)14(16,17)18/h2-7,19H,1H3. The summed E-state index contributed by atoms with van der Waals surface area (Å²) in [6.07, 6.45) is -4.77. The van der Waals surface area contributed by atoms with Crippen LogP contribution in [0, 0.1) is 10.1 Å². The van der Waals surface area contributed by atoms with Gasteiger partial charge in [0.2, 0.25) is 0 Å². The molecule has 0 radical (unpaired) electrons. The van der Waals surface area contributed by atoms with Crippen LogP contribution in [0.25, 0.3) is 0 Å². The lowest BCUT2D eigenvalue weighted by molar-refractivity contribution is -0.385. The van der Waals surface area contributed by atoms with E-state index in [1.807, 2.05) is 4.72 Å². The van der Waals surface area contributed by atoms with Gasteiger partial charge in [0.05, 0.1) is 28.7 Å². The molecule has 0 aliphatic rings. The molecule has 0 saturated heterocycles. The zero-order valence-corrected chi connectivity index (χ0v) is 14.4. The number of rotatable bonds is 5. The molecule has 0 atom stereocenters. The third-order valence-corrected chi connectivity index (χ3v) is 4.92. The second-order valence-electron chi connectivity index (χ2n) is 4.89. The first-order valence-corrected chi connectivity index (χ1v) is 8.54. The summed E-state index contributed by atoms with van der Waals surface area (Å²) in [5, 5.41) is 10.2. The molecule has 0 aromatic heterocycles. The molecule has 2 rings (SSSR count). The van der Waals surface area contributed by atoms with Gasteiger partial charge in [-0.2, -0.15) is 13.2 Å². The van der Waals surface area contributed by atoms with Crippen LogP contribution in [0.3, 0.4) is 0 Å². The first-order valence-electron chi connectivity index (χ1n) is 6.67. The molecule has 7 nitrogen and oxygen atoms in total. The van der Waals surface area contributed by atoms with Crippen molar-refractivity contribution in [1.82, 2.24) is 0 Å². The van der Waals surface area contributed by atoms with Crippen molar-refractivity contribution in [2.45, 2.75) is 11.1 Å². The lowest BCUT2D eigenvalue weighted by atomic mass is 10.2. The van der Waals surface area contributed by atoms with E-state index < -0.39 is 42.3 Å². The fraction of sp³-hybridized carbons (Fsp3) is 0.143. The second-order valence-corrected chi connectivity index (χ2v) is 6.95. The number of benzene rings is 2. The highest BCUT2D eigenvalue weighted by Crippen LogP contribution is 2.37. The van der Waals surface area contributed by atoms with Crippen molar-refractivity contribution in [3.63, 3.8) is 0 Å². The fourth-order valence-corrected chi connectivity index (χ4v) is 3.43. The van der Waals surface area contributed by atoms with E-state index in [0.29, 0.717) is 6.07 Å². The van der Waals surface area contributed by atoms with Crippen LogP contribution in [0.4, 0.5) is 24.5 Å². The minimum Gasteiger partial charge on any atom is -0.495 e. The Balaban J connectivity index is 2.45. The molecule has 0 aliphatic carbocycles. The van der Waals surface area contributed by atoms with Crippen LogP contribution in [0.15, 0.2) is 41.3 Å². The first kappa shape index (κ1) is 19.8. The lowest BCUT2D eigenvalue weighted by Gasteiger charge is -2.14. The summed E-state index contributed by atoms with van der Waals surface area (Å²) in [6.45, 7) is 0. The fourth-order valence-electron chi connectivity index (χ4n) is 2.01. The van der Waals surface area contributed by atoms with Gasteiger partial charge in [-0.25, -0.2) is 8.42 Å². The average Bonchev–Trinajstić information content (AvgIpc) is 2.54. The van der Waals surface area contributed by atoms with Crippen LogP contribution < -0.4 is 9.46 Å². The SMILES string of the molecule is COc1cc([N+](=O)[O-])ccc1S(=O)(=O)Nc1ccc(Cl)c(C(F)(F)F)c1. The molecule has 0 fully saturated rings. The maximum atomic E-state index is 12.9. The molecule has 0 saturated carbocycles. The van der Waals surface area contributed by atoms with Crippen molar-refractivity contribution >= 4 is 33.0 Å². The molecular formula is C14H10ClF3N2O5S. The predicted octanol–water partition coefficient (Wildman–Crippen LogP) is 4.08. The number of nitrogens with zero attached hydrogens (tertiary/aromatic N) is 1. The van der Waals surface area contributed by atoms with Crippen molar-refractivity contribution in [2.75, 3.05) is 11.8 Å². The highest BCUT2D eigenvalue weighted by atomic mass is 35.5. The van der Waals surface area contributed by atoms with Crippen LogP contribution in [-0.2, 0) is 16.2 Å². The molecule has 140 valence electrons. The number of nitro groups is 1. The Kier molecular flexibility index (Phi) is 5.33. The van der Waals surface area contributed by atoms with E-state index in [4.69, 9.17) is 16.3 Å². The van der Waals surface area contributed by atoms with Crippen molar-refractivity contribution in [3.05, 3.63) is 57.1 Å². The summed E-state index contributed by atoms with van der Waals surface area (Å²) in [4.78, 5) is 9.52. The lowest BCUT2D eigenvalue weighted by Crippen LogP contribution is -2.15. The zero-order valence-electron chi connectivity index (χ0n) is 12.9. The summed E-state index contributed by atoms with van der Waals surface area (Å²) in [5.74, 6) is -0.336. The monoisotopic (exact) mass is 410 g/mol. The molecule has 0 unspecified atom stereocenters. The average molecular weight is 411 g/mol. The third-order valence-electron chi connectivity index (χ3n) is 3.17. The van der Waals surface area contributed by atoms with Crippen LogP contribution in [0.5, 0.6) is 5.75 Å². The van der Waals surface area contributed by atoms with Crippen LogP contribution in [0.2, 0.25) is 5.02 Å². The number of non-ortho nitro benzene ring substituents is 1. The Morgan fingerprint density at radius 3 is 2.38 bits per heavy atom. The molecule has 12 heteroatoms. The Morgan fingerprint density at radius 2 is 1.85 bits per heavy atom. The number of anilines is 1. The summed E-state index contributed by atoms with van der Waals surface area (Å²) in [6, 6.07) is 5.22. The van der Waals surface area contributed by atoms with Gasteiger partial charge in [-0.15, -0.1) is 0 Å². The molecule has 26 heavy (non-hydrogen) atoms. The molecule has 0 heterocycles. The highest BCUT2D eigenvalue weighted by Gasteiger charge is 2.34. The number of nitrogens with one attached hydrogen (secondary N) is 1. The predicted molar refractivity (Wildman–Crippen MR) is 86.9 cm³/mol. The van der Waals surface area contributed by atoms with E-state index in [1.54, 1.807) is 0 Å². The Bertz CT molecular complexity index is 964. The molecule has 2 aromatic carbocycles. The van der Waals surface area contributed by atoms with Gasteiger partial charge in [0.15, 0.2) is 0 Å². The van der Waals surface area contributed by atoms with E-state index >= 15 is 0 Å². The Morgan fingerprint density at radius 1 is 1.19 bits per heavy atom. The summed E-state index contributed by atoms with van der Waals surface area (Å²) >= 11 is 5.48. The van der Waals surface area contributed by atoms with E-state index in [-0.39, 0.29) is 11.4 Å². The van der Waals surface area contributed by atoms with Crippen LogP contribution in [0.1, 0.15) is 5.56 Å². The molecule has 1 N–H and O–H groups in total. The number of methoxy groups -OCH3 is 1. The van der Waals surface area contributed by atoms with Crippen LogP contribution >= 0.6 is 11.6 Å². The number of hydrogen-bond acceptors (Lipinski definition) is 5. The van der Waals surface area contributed by atoms with Crippen LogP contribution in [-0.4, -0.2) is 20.5 Å². The Labute approximate surface area is 150 Å². The minimum atomic E-state index is -4.77. The minimum absolute atomic E-state index is 0.336. The number of hydrogen-bond donors (Lipinski definition) is 1. The van der Waals surface area contributed by atoms with E-state index in [0.717, 1.165) is 37.4 Å². The zero-order chi connectivity index (χ0) is 19.7.